The summed E-state index contributed by atoms with van der Waals surface area (Å²) >= 11 is 1.71. The molecule has 1 fully saturated rings. The number of fused-ring (bicyclic) bond motifs is 2. The molecule has 4 heterocycles. The molecule has 0 unspecified atom stereocenters. The Morgan fingerprint density at radius 1 is 1.27 bits per heavy atom. The van der Waals surface area contributed by atoms with Gasteiger partial charge in [-0.25, -0.2) is 19.3 Å². The van der Waals surface area contributed by atoms with Crippen LogP contribution < -0.4 is 15.8 Å². The number of ether oxygens (including phenoxy) is 1. The number of rotatable bonds is 8. The van der Waals surface area contributed by atoms with Gasteiger partial charge in [0.2, 0.25) is 5.91 Å². The van der Waals surface area contributed by atoms with E-state index in [1.807, 2.05) is 6.07 Å². The van der Waals surface area contributed by atoms with Crippen molar-refractivity contribution in [2.75, 3.05) is 13.2 Å². The maximum absolute atomic E-state index is 13.6. The van der Waals surface area contributed by atoms with Crippen LogP contribution in [-0.4, -0.2) is 34.0 Å². The van der Waals surface area contributed by atoms with Gasteiger partial charge in [-0.15, -0.1) is 11.3 Å². The third-order valence-corrected chi connectivity index (χ3v) is 8.20. The summed E-state index contributed by atoms with van der Waals surface area (Å²) in [6.07, 6.45) is 4.79. The molecular formula is C28H26FN5O2S. The lowest BCUT2D eigenvalue weighted by atomic mass is 9.83. The van der Waals surface area contributed by atoms with Crippen LogP contribution in [0.15, 0.2) is 49.2 Å². The monoisotopic (exact) mass is 515 g/mol. The van der Waals surface area contributed by atoms with Gasteiger partial charge in [0, 0.05) is 53.2 Å². The summed E-state index contributed by atoms with van der Waals surface area (Å²) in [4.78, 5) is 26.3. The average molecular weight is 516 g/mol. The van der Waals surface area contributed by atoms with Crippen LogP contribution in [0, 0.1) is 5.82 Å². The quantitative estimate of drug-likeness (QED) is 0.352. The Balaban J connectivity index is 1.23. The van der Waals surface area contributed by atoms with E-state index in [1.54, 1.807) is 36.6 Å². The van der Waals surface area contributed by atoms with E-state index in [1.165, 1.54) is 30.0 Å². The first-order chi connectivity index (χ1) is 17.8. The third kappa shape index (κ3) is 4.33. The number of carbonyl (C=O) groups excluding carboxylic acids is 1. The lowest BCUT2D eigenvalue weighted by Gasteiger charge is -2.19. The number of aromatic nitrogens is 3. The van der Waals surface area contributed by atoms with E-state index in [2.05, 4.69) is 27.9 Å². The smallest absolute Gasteiger partial charge is 0.231 e. The molecule has 2 aliphatic rings. The Morgan fingerprint density at radius 2 is 2.05 bits per heavy atom. The van der Waals surface area contributed by atoms with E-state index in [-0.39, 0.29) is 12.4 Å². The first-order valence-corrected chi connectivity index (χ1v) is 13.1. The van der Waals surface area contributed by atoms with Crippen LogP contribution >= 0.6 is 11.3 Å². The van der Waals surface area contributed by atoms with Crippen molar-refractivity contribution in [3.63, 3.8) is 0 Å². The third-order valence-electron chi connectivity index (χ3n) is 7.05. The van der Waals surface area contributed by atoms with Crippen LogP contribution in [0.2, 0.25) is 0 Å². The summed E-state index contributed by atoms with van der Waals surface area (Å²) in [5, 5.41) is 4.54. The topological polar surface area (TPSA) is 103 Å². The second kappa shape index (κ2) is 8.92. The van der Waals surface area contributed by atoms with Gasteiger partial charge < -0.3 is 15.8 Å². The van der Waals surface area contributed by atoms with Crippen molar-refractivity contribution in [2.24, 2.45) is 5.73 Å². The number of thiazole rings is 1. The molecule has 3 aromatic heterocycles. The van der Waals surface area contributed by atoms with Gasteiger partial charge in [0.05, 0.1) is 9.71 Å². The molecule has 0 bridgehead atoms. The molecular weight excluding hydrogens is 489 g/mol. The SMILES string of the molecule is C=C(NCCc1cc2c(c(-c3ccc(F)cc3)n1)OC[C@]2(C)C(N)=O)c1cnc2nc(C3CC3)sc2c1. The van der Waals surface area contributed by atoms with Gasteiger partial charge >= 0.3 is 0 Å². The van der Waals surface area contributed by atoms with Crippen LogP contribution in [-0.2, 0) is 16.6 Å². The van der Waals surface area contributed by atoms with E-state index < -0.39 is 11.3 Å². The van der Waals surface area contributed by atoms with Crippen LogP contribution in [0.3, 0.4) is 0 Å². The summed E-state index contributed by atoms with van der Waals surface area (Å²) in [5.41, 5.74) is 10.0. The highest BCUT2D eigenvalue weighted by molar-refractivity contribution is 7.18. The molecule has 9 heteroatoms. The Labute approximate surface area is 217 Å². The molecule has 4 aromatic rings. The molecule has 0 saturated heterocycles. The van der Waals surface area contributed by atoms with Crippen molar-refractivity contribution < 1.29 is 13.9 Å². The minimum atomic E-state index is -0.964. The first-order valence-electron chi connectivity index (χ1n) is 12.2. The van der Waals surface area contributed by atoms with Crippen molar-refractivity contribution in [3.8, 4) is 17.0 Å². The molecule has 188 valence electrons. The van der Waals surface area contributed by atoms with E-state index in [0.717, 1.165) is 27.3 Å². The number of nitrogens with one attached hydrogen (secondary N) is 1. The molecule has 0 radical (unpaired) electrons. The fraction of sp³-hybridized carbons (Fsp3) is 0.286. The Hall–Kier alpha value is -3.85. The second-order valence-electron chi connectivity index (χ2n) is 9.86. The van der Waals surface area contributed by atoms with Crippen LogP contribution in [0.25, 0.3) is 27.3 Å². The van der Waals surface area contributed by atoms with Crippen LogP contribution in [0.1, 0.15) is 47.5 Å². The van der Waals surface area contributed by atoms with Gasteiger partial charge in [0.1, 0.15) is 29.3 Å². The van der Waals surface area contributed by atoms with Crippen molar-refractivity contribution in [1.29, 1.82) is 0 Å². The molecule has 1 atom stereocenters. The Morgan fingerprint density at radius 3 is 2.78 bits per heavy atom. The summed E-state index contributed by atoms with van der Waals surface area (Å²) in [6.45, 7) is 6.67. The maximum atomic E-state index is 13.6. The zero-order chi connectivity index (χ0) is 25.7. The Kier molecular flexibility index (Phi) is 5.67. The highest BCUT2D eigenvalue weighted by atomic mass is 32.1. The molecule has 1 amide bonds. The van der Waals surface area contributed by atoms with Crippen molar-refractivity contribution >= 4 is 33.3 Å². The normalized spacial score (nSPS) is 18.4. The molecule has 0 spiro atoms. The maximum Gasteiger partial charge on any atom is 0.231 e. The second-order valence-corrected chi connectivity index (χ2v) is 10.9. The zero-order valence-corrected chi connectivity index (χ0v) is 21.2. The molecule has 1 aromatic carbocycles. The van der Waals surface area contributed by atoms with Gasteiger partial charge in [-0.1, -0.05) is 6.58 Å². The van der Waals surface area contributed by atoms with Crippen LogP contribution in [0.4, 0.5) is 4.39 Å². The highest BCUT2D eigenvalue weighted by Crippen LogP contribution is 2.45. The average Bonchev–Trinajstić information content (AvgIpc) is 3.56. The molecule has 1 aliphatic heterocycles. The molecule has 6 rings (SSSR count). The van der Waals surface area contributed by atoms with Gasteiger partial charge in [-0.05, 0) is 56.2 Å². The first kappa shape index (κ1) is 23.5. The number of primary amides is 1. The number of pyridine rings is 2. The van der Waals surface area contributed by atoms with Crippen molar-refractivity contribution in [3.05, 3.63) is 76.8 Å². The number of nitrogens with two attached hydrogens (primary N) is 1. The largest absolute Gasteiger partial charge is 0.489 e. The number of benzene rings is 1. The van der Waals surface area contributed by atoms with E-state index in [0.29, 0.717) is 41.5 Å². The fourth-order valence-corrected chi connectivity index (χ4v) is 5.66. The predicted molar refractivity (Wildman–Crippen MR) is 142 cm³/mol. The zero-order valence-electron chi connectivity index (χ0n) is 20.4. The van der Waals surface area contributed by atoms with Crippen molar-refractivity contribution in [2.45, 2.75) is 37.5 Å². The summed E-state index contributed by atoms with van der Waals surface area (Å²) in [5.74, 6) is 0.321. The summed E-state index contributed by atoms with van der Waals surface area (Å²) in [7, 11) is 0. The van der Waals surface area contributed by atoms with E-state index >= 15 is 0 Å². The predicted octanol–water partition coefficient (Wildman–Crippen LogP) is 4.71. The van der Waals surface area contributed by atoms with Gasteiger partial charge in [-0.2, -0.15) is 0 Å². The fourth-order valence-electron chi connectivity index (χ4n) is 4.52. The van der Waals surface area contributed by atoms with E-state index in [9.17, 15) is 9.18 Å². The summed E-state index contributed by atoms with van der Waals surface area (Å²) in [6, 6.07) is 10.0. The summed E-state index contributed by atoms with van der Waals surface area (Å²) < 4.78 is 20.5. The number of halogens is 1. The number of carbonyl (C=O) groups is 1. The number of nitrogens with zero attached hydrogens (tertiary/aromatic N) is 3. The van der Waals surface area contributed by atoms with Gasteiger partial charge in [0.25, 0.3) is 0 Å². The van der Waals surface area contributed by atoms with Crippen LogP contribution in [0.5, 0.6) is 5.75 Å². The molecule has 7 nitrogen and oxygen atoms in total. The lowest BCUT2D eigenvalue weighted by Crippen LogP contribution is -2.39. The number of hydrogen-bond donors (Lipinski definition) is 2. The van der Waals surface area contributed by atoms with Crippen molar-refractivity contribution in [1.82, 2.24) is 20.3 Å². The highest BCUT2D eigenvalue weighted by Gasteiger charge is 2.43. The number of hydrogen-bond acceptors (Lipinski definition) is 7. The number of amides is 1. The molecule has 1 saturated carbocycles. The van der Waals surface area contributed by atoms with Gasteiger partial charge in [0.15, 0.2) is 5.65 Å². The molecule has 3 N–H and O–H groups in total. The van der Waals surface area contributed by atoms with E-state index in [4.69, 9.17) is 15.5 Å². The minimum absolute atomic E-state index is 0.140. The molecule has 1 aliphatic carbocycles. The van der Waals surface area contributed by atoms with Gasteiger partial charge in [-0.3, -0.25) is 4.79 Å². The Bertz CT molecular complexity index is 1550. The minimum Gasteiger partial charge on any atom is -0.489 e. The molecule has 37 heavy (non-hydrogen) atoms. The lowest BCUT2D eigenvalue weighted by molar-refractivity contribution is -0.123. The standard InChI is InChI=1S/C28H26FN5O2S/c1-15(18-11-22-25(32-13-18)34-26(37-22)17-3-4-17)31-10-9-20-12-21-24(36-14-28(21,2)27(30)35)23(33-20)16-5-7-19(29)8-6-16/h5-8,11-13,17,31H,1,3-4,9-10,14H2,2H3,(H2,30,35)/t28-/m0/s1.